The highest BCUT2D eigenvalue weighted by atomic mass is 16.7. The van der Waals surface area contributed by atoms with E-state index in [1.54, 1.807) is 128 Å². The van der Waals surface area contributed by atoms with Crippen molar-refractivity contribution < 1.29 is 47.6 Å². The summed E-state index contributed by atoms with van der Waals surface area (Å²) in [4.78, 5) is 53.6. The van der Waals surface area contributed by atoms with Gasteiger partial charge in [-0.05, 0) is 68.5 Å². The Balaban J connectivity index is 1.53. The van der Waals surface area contributed by atoms with E-state index in [4.69, 9.17) is 28.4 Å². The lowest BCUT2D eigenvalue weighted by molar-refractivity contribution is -0.298. The van der Waals surface area contributed by atoms with Gasteiger partial charge in [-0.25, -0.2) is 19.2 Å². The zero-order chi connectivity index (χ0) is 34.4. The number of ether oxygens (including phenoxy) is 6. The number of rotatable bonds is 14. The van der Waals surface area contributed by atoms with Crippen LogP contribution in [0.25, 0.3) is 0 Å². The maximum atomic E-state index is 13.6. The number of carbonyl (C=O) groups is 4. The van der Waals surface area contributed by atoms with E-state index in [1.165, 1.54) is 0 Å². The molecule has 1 aliphatic heterocycles. The standard InChI is InChI=1S/C38H37NO10/c1-39-23-14-24-44-38-33(49-37(43)29-21-12-5-13-22-29)32(48-36(42)28-19-10-4-11-20-28)31(47-35(41)27-17-8-3-9-18-27)30(46-38)25-45-34(40)26-15-6-2-7-16-26/h2-13,15-22,30-33,38-39H,14,23-25H2,1H3/t30-,31-,32+,33-,38-/m1/s1. The molecule has 1 heterocycles. The Kier molecular flexibility index (Phi) is 12.6. The molecule has 0 unspecified atom stereocenters. The minimum Gasteiger partial charge on any atom is -0.459 e. The Bertz CT molecular complexity index is 1650. The first-order valence-electron chi connectivity index (χ1n) is 15.9. The molecule has 0 aromatic heterocycles. The van der Waals surface area contributed by atoms with Gasteiger partial charge in [-0.3, -0.25) is 0 Å². The van der Waals surface area contributed by atoms with Gasteiger partial charge in [0.15, 0.2) is 24.6 Å². The second-order valence-electron chi connectivity index (χ2n) is 11.0. The van der Waals surface area contributed by atoms with Crippen LogP contribution in [-0.4, -0.2) is 81.4 Å². The summed E-state index contributed by atoms with van der Waals surface area (Å²) in [7, 11) is 1.80. The van der Waals surface area contributed by atoms with Gasteiger partial charge in [0.1, 0.15) is 12.7 Å². The van der Waals surface area contributed by atoms with Crippen molar-refractivity contribution in [2.45, 2.75) is 37.1 Å². The van der Waals surface area contributed by atoms with E-state index in [1.807, 2.05) is 0 Å². The Morgan fingerprint density at radius 1 is 0.571 bits per heavy atom. The normalized spacial score (nSPS) is 20.1. The molecule has 1 N–H and O–H groups in total. The van der Waals surface area contributed by atoms with Crippen LogP contribution in [0, 0.1) is 0 Å². The molecule has 0 amide bonds. The Hall–Kier alpha value is -5.36. The maximum absolute atomic E-state index is 13.6. The van der Waals surface area contributed by atoms with Gasteiger partial charge < -0.3 is 33.7 Å². The third-order valence-corrected chi connectivity index (χ3v) is 7.59. The van der Waals surface area contributed by atoms with E-state index in [0.717, 1.165) is 0 Å². The average Bonchev–Trinajstić information content (AvgIpc) is 3.15. The molecule has 1 saturated heterocycles. The summed E-state index contributed by atoms with van der Waals surface area (Å²) in [5, 5.41) is 3.03. The minimum atomic E-state index is -1.46. The first-order chi connectivity index (χ1) is 23.9. The SMILES string of the molecule is CNCCCO[C@@H]1O[C@H](COC(=O)c2ccccc2)[C@@H](OC(=O)c2ccccc2)[C@H](OC(=O)c2ccccc2)[C@H]1OC(=O)c1ccccc1. The van der Waals surface area contributed by atoms with Gasteiger partial charge in [-0.2, -0.15) is 0 Å². The number of carbonyl (C=O) groups excluding carboxylic acids is 4. The van der Waals surface area contributed by atoms with Crippen LogP contribution in [0.5, 0.6) is 0 Å². The van der Waals surface area contributed by atoms with E-state index < -0.39 is 61.2 Å². The molecule has 0 aliphatic carbocycles. The van der Waals surface area contributed by atoms with Crippen LogP contribution in [0.15, 0.2) is 121 Å². The van der Waals surface area contributed by atoms with Gasteiger partial charge in [0.2, 0.25) is 0 Å². The molecule has 5 rings (SSSR count). The molecule has 11 nitrogen and oxygen atoms in total. The lowest BCUT2D eigenvalue weighted by Gasteiger charge is -2.44. The van der Waals surface area contributed by atoms with Crippen LogP contribution in [-0.2, 0) is 28.4 Å². The summed E-state index contributed by atoms with van der Waals surface area (Å²) >= 11 is 0. The third kappa shape index (κ3) is 9.60. The molecule has 0 saturated carbocycles. The molecule has 1 fully saturated rings. The molecular weight excluding hydrogens is 630 g/mol. The molecule has 11 heteroatoms. The van der Waals surface area contributed by atoms with Crippen LogP contribution >= 0.6 is 0 Å². The molecule has 1 aliphatic rings. The van der Waals surface area contributed by atoms with Crippen molar-refractivity contribution in [3.63, 3.8) is 0 Å². The first-order valence-corrected chi connectivity index (χ1v) is 15.9. The summed E-state index contributed by atoms with van der Waals surface area (Å²) in [5.74, 6) is -2.95. The Morgan fingerprint density at radius 2 is 0.980 bits per heavy atom. The van der Waals surface area contributed by atoms with Crippen LogP contribution in [0.1, 0.15) is 47.9 Å². The predicted molar refractivity (Wildman–Crippen MR) is 177 cm³/mol. The lowest BCUT2D eigenvalue weighted by Crippen LogP contribution is -2.63. The second kappa shape index (κ2) is 17.7. The van der Waals surface area contributed by atoms with E-state index >= 15 is 0 Å². The fourth-order valence-corrected chi connectivity index (χ4v) is 5.11. The van der Waals surface area contributed by atoms with Crippen LogP contribution in [0.4, 0.5) is 0 Å². The van der Waals surface area contributed by atoms with Crippen molar-refractivity contribution in [3.8, 4) is 0 Å². The number of benzene rings is 4. The summed E-state index contributed by atoms with van der Waals surface area (Å²) in [6.45, 7) is 0.355. The average molecular weight is 668 g/mol. The smallest absolute Gasteiger partial charge is 0.338 e. The van der Waals surface area contributed by atoms with Gasteiger partial charge in [-0.1, -0.05) is 72.8 Å². The Labute approximate surface area is 284 Å². The second-order valence-corrected chi connectivity index (χ2v) is 11.0. The van der Waals surface area contributed by atoms with E-state index in [0.29, 0.717) is 13.0 Å². The highest BCUT2D eigenvalue weighted by molar-refractivity contribution is 5.91. The lowest BCUT2D eigenvalue weighted by atomic mass is 9.97. The molecule has 5 atom stereocenters. The van der Waals surface area contributed by atoms with Crippen molar-refractivity contribution in [2.75, 3.05) is 26.8 Å². The number of hydrogen-bond acceptors (Lipinski definition) is 11. The van der Waals surface area contributed by atoms with Crippen molar-refractivity contribution in [3.05, 3.63) is 144 Å². The summed E-state index contributed by atoms with van der Waals surface area (Å²) < 4.78 is 36.1. The summed E-state index contributed by atoms with van der Waals surface area (Å²) in [5.41, 5.74) is 0.923. The molecule has 49 heavy (non-hydrogen) atoms. The van der Waals surface area contributed by atoms with Gasteiger partial charge in [0, 0.05) is 0 Å². The number of hydrogen-bond donors (Lipinski definition) is 1. The van der Waals surface area contributed by atoms with Crippen molar-refractivity contribution in [1.82, 2.24) is 5.32 Å². The predicted octanol–water partition coefficient (Wildman–Crippen LogP) is 4.87. The Morgan fingerprint density at radius 3 is 1.43 bits per heavy atom. The summed E-state index contributed by atoms with van der Waals surface area (Å²) in [6.07, 6.45) is -6.26. The number of nitrogens with one attached hydrogen (secondary N) is 1. The first kappa shape index (κ1) is 35.0. The monoisotopic (exact) mass is 667 g/mol. The van der Waals surface area contributed by atoms with Crippen molar-refractivity contribution in [1.29, 1.82) is 0 Å². The zero-order valence-corrected chi connectivity index (χ0v) is 26.8. The van der Waals surface area contributed by atoms with Crippen LogP contribution in [0.3, 0.4) is 0 Å². The largest absolute Gasteiger partial charge is 0.459 e. The van der Waals surface area contributed by atoms with Crippen LogP contribution in [0.2, 0.25) is 0 Å². The molecule has 4 aromatic rings. The van der Waals surface area contributed by atoms with Crippen molar-refractivity contribution in [2.24, 2.45) is 0 Å². The third-order valence-electron chi connectivity index (χ3n) is 7.59. The van der Waals surface area contributed by atoms with Crippen LogP contribution < -0.4 is 5.32 Å². The number of esters is 4. The van der Waals surface area contributed by atoms with Gasteiger partial charge >= 0.3 is 23.9 Å². The molecule has 4 aromatic carbocycles. The summed E-state index contributed by atoms with van der Waals surface area (Å²) in [6, 6.07) is 32.9. The fourth-order valence-electron chi connectivity index (χ4n) is 5.11. The highest BCUT2D eigenvalue weighted by Crippen LogP contribution is 2.32. The van der Waals surface area contributed by atoms with E-state index in [-0.39, 0.29) is 28.9 Å². The molecule has 254 valence electrons. The molecule has 0 spiro atoms. The van der Waals surface area contributed by atoms with E-state index in [9.17, 15) is 19.2 Å². The topological polar surface area (TPSA) is 136 Å². The molecule has 0 bridgehead atoms. The van der Waals surface area contributed by atoms with Gasteiger partial charge in [0.25, 0.3) is 0 Å². The molecular formula is C38H37NO10. The quantitative estimate of drug-likeness (QED) is 0.112. The van der Waals surface area contributed by atoms with E-state index in [2.05, 4.69) is 5.32 Å². The van der Waals surface area contributed by atoms with Crippen molar-refractivity contribution >= 4 is 23.9 Å². The minimum absolute atomic E-state index is 0.162. The fraction of sp³-hybridized carbons (Fsp3) is 0.263. The van der Waals surface area contributed by atoms with Gasteiger partial charge in [0.05, 0.1) is 28.9 Å². The highest BCUT2D eigenvalue weighted by Gasteiger charge is 2.53. The molecule has 0 radical (unpaired) electrons. The maximum Gasteiger partial charge on any atom is 0.338 e. The van der Waals surface area contributed by atoms with Gasteiger partial charge in [-0.15, -0.1) is 0 Å². The zero-order valence-electron chi connectivity index (χ0n) is 26.8.